The molecule has 3 aromatic rings. The van der Waals surface area contributed by atoms with Gasteiger partial charge in [-0.3, -0.25) is 4.98 Å². The first-order chi connectivity index (χ1) is 9.75. The van der Waals surface area contributed by atoms with Crippen molar-refractivity contribution in [1.29, 1.82) is 0 Å². The van der Waals surface area contributed by atoms with Crippen molar-refractivity contribution in [2.24, 2.45) is 0 Å². The Balaban J connectivity index is 1.91. The maximum atomic E-state index is 13.8. The van der Waals surface area contributed by atoms with Gasteiger partial charge in [-0.25, -0.2) is 4.39 Å². The second kappa shape index (κ2) is 5.59. The summed E-state index contributed by atoms with van der Waals surface area (Å²) in [6.07, 6.45) is 3.60. The molecule has 0 bridgehead atoms. The number of aromatic nitrogens is 1. The molecule has 4 heteroatoms. The summed E-state index contributed by atoms with van der Waals surface area (Å²) >= 11 is 3.36. The first-order valence-electron chi connectivity index (χ1n) is 6.25. The quantitative estimate of drug-likeness (QED) is 0.749. The molecule has 0 aliphatic carbocycles. The highest BCUT2D eigenvalue weighted by Crippen LogP contribution is 2.26. The van der Waals surface area contributed by atoms with Gasteiger partial charge in [-0.05, 0) is 45.1 Å². The van der Waals surface area contributed by atoms with Crippen molar-refractivity contribution in [3.63, 3.8) is 0 Å². The summed E-state index contributed by atoms with van der Waals surface area (Å²) in [6.45, 7) is 0.556. The van der Waals surface area contributed by atoms with Gasteiger partial charge in [0.25, 0.3) is 0 Å². The smallest absolute Gasteiger partial charge is 0.147 e. The zero-order valence-electron chi connectivity index (χ0n) is 10.6. The first-order valence-corrected chi connectivity index (χ1v) is 7.04. The Kier molecular flexibility index (Phi) is 3.65. The molecular weight excluding hydrogens is 319 g/mol. The van der Waals surface area contributed by atoms with E-state index in [0.29, 0.717) is 12.2 Å². The number of rotatable bonds is 3. The Bertz CT molecular complexity index is 733. The summed E-state index contributed by atoms with van der Waals surface area (Å²) in [5, 5.41) is 5.36. The van der Waals surface area contributed by atoms with E-state index in [1.807, 2.05) is 36.5 Å². The number of nitrogens with one attached hydrogen (secondary N) is 1. The van der Waals surface area contributed by atoms with Gasteiger partial charge in [-0.1, -0.05) is 24.3 Å². The van der Waals surface area contributed by atoms with E-state index in [0.717, 1.165) is 20.8 Å². The van der Waals surface area contributed by atoms with Crippen LogP contribution in [0.3, 0.4) is 0 Å². The fourth-order valence-corrected chi connectivity index (χ4v) is 2.68. The van der Waals surface area contributed by atoms with E-state index in [4.69, 9.17) is 0 Å². The van der Waals surface area contributed by atoms with Crippen molar-refractivity contribution in [2.45, 2.75) is 6.54 Å². The van der Waals surface area contributed by atoms with Crippen LogP contribution >= 0.6 is 15.9 Å². The van der Waals surface area contributed by atoms with Gasteiger partial charge < -0.3 is 5.32 Å². The Morgan fingerprint density at radius 2 is 1.95 bits per heavy atom. The molecule has 0 unspecified atom stereocenters. The van der Waals surface area contributed by atoms with Gasteiger partial charge in [0.15, 0.2) is 0 Å². The molecule has 1 N–H and O–H groups in total. The van der Waals surface area contributed by atoms with Crippen LogP contribution in [-0.4, -0.2) is 4.98 Å². The average Bonchev–Trinajstić information content (AvgIpc) is 2.47. The molecule has 0 atom stereocenters. The number of para-hydroxylation sites is 1. The summed E-state index contributed by atoms with van der Waals surface area (Å²) < 4.78 is 14.5. The van der Waals surface area contributed by atoms with Crippen LogP contribution in [0.5, 0.6) is 0 Å². The van der Waals surface area contributed by atoms with E-state index in [-0.39, 0.29) is 5.82 Å². The minimum Gasteiger partial charge on any atom is -0.378 e. The number of halogens is 2. The van der Waals surface area contributed by atoms with Crippen LogP contribution < -0.4 is 5.32 Å². The van der Waals surface area contributed by atoms with Crippen LogP contribution in [-0.2, 0) is 6.54 Å². The van der Waals surface area contributed by atoms with Gasteiger partial charge in [0.2, 0.25) is 0 Å². The first kappa shape index (κ1) is 13.1. The van der Waals surface area contributed by atoms with Crippen LogP contribution in [0.2, 0.25) is 0 Å². The Morgan fingerprint density at radius 3 is 2.80 bits per heavy atom. The van der Waals surface area contributed by atoms with E-state index in [9.17, 15) is 4.39 Å². The summed E-state index contributed by atoms with van der Waals surface area (Å²) in [5.41, 5.74) is 1.60. The minimum atomic E-state index is -0.263. The number of fused-ring (bicyclic) bond motifs is 1. The lowest BCUT2D eigenvalue weighted by Crippen LogP contribution is -2.02. The molecule has 2 nitrogen and oxygen atoms in total. The molecule has 0 aliphatic heterocycles. The zero-order chi connectivity index (χ0) is 13.9. The summed E-state index contributed by atoms with van der Waals surface area (Å²) in [6, 6.07) is 12.9. The van der Waals surface area contributed by atoms with E-state index in [1.54, 1.807) is 12.3 Å². The van der Waals surface area contributed by atoms with Crippen molar-refractivity contribution in [3.8, 4) is 0 Å². The van der Waals surface area contributed by atoms with Gasteiger partial charge in [-0.15, -0.1) is 0 Å². The minimum absolute atomic E-state index is 0.263. The van der Waals surface area contributed by atoms with Gasteiger partial charge in [0.1, 0.15) is 5.82 Å². The summed E-state index contributed by atoms with van der Waals surface area (Å²) in [7, 11) is 0. The maximum Gasteiger partial charge on any atom is 0.147 e. The topological polar surface area (TPSA) is 24.9 Å². The Hall–Kier alpha value is -1.94. The predicted octanol–water partition coefficient (Wildman–Crippen LogP) is 4.75. The van der Waals surface area contributed by atoms with E-state index in [2.05, 4.69) is 26.2 Å². The fraction of sp³-hybridized carbons (Fsp3) is 0.0625. The number of benzene rings is 2. The third-order valence-electron chi connectivity index (χ3n) is 3.19. The zero-order valence-corrected chi connectivity index (χ0v) is 12.2. The van der Waals surface area contributed by atoms with E-state index in [1.165, 1.54) is 6.07 Å². The SMILES string of the molecule is Fc1cccc(Br)c1NCc1cccc2cnccc12. The third-order valence-corrected chi connectivity index (χ3v) is 3.85. The fourth-order valence-electron chi connectivity index (χ4n) is 2.19. The Morgan fingerprint density at radius 1 is 1.10 bits per heavy atom. The number of anilines is 1. The summed E-state index contributed by atoms with van der Waals surface area (Å²) in [5.74, 6) is -0.263. The van der Waals surface area contributed by atoms with Crippen molar-refractivity contribution in [3.05, 3.63) is 70.7 Å². The number of hydrogen-bond donors (Lipinski definition) is 1. The van der Waals surface area contributed by atoms with Crippen molar-refractivity contribution >= 4 is 32.4 Å². The largest absolute Gasteiger partial charge is 0.378 e. The van der Waals surface area contributed by atoms with Crippen LogP contribution in [0.1, 0.15) is 5.56 Å². The normalized spacial score (nSPS) is 10.7. The van der Waals surface area contributed by atoms with Crippen molar-refractivity contribution < 1.29 is 4.39 Å². The highest BCUT2D eigenvalue weighted by atomic mass is 79.9. The molecule has 0 radical (unpaired) electrons. The molecular formula is C16H12BrFN2. The molecule has 3 rings (SSSR count). The molecule has 100 valence electrons. The average molecular weight is 331 g/mol. The lowest BCUT2D eigenvalue weighted by Gasteiger charge is -2.11. The molecule has 0 saturated heterocycles. The molecule has 2 aromatic carbocycles. The standard InChI is InChI=1S/C16H12BrFN2/c17-14-5-2-6-15(18)16(14)20-10-12-4-1-3-11-9-19-8-7-13(11)12/h1-9,20H,10H2. The molecule has 0 fully saturated rings. The maximum absolute atomic E-state index is 13.8. The van der Waals surface area contributed by atoms with E-state index >= 15 is 0 Å². The summed E-state index contributed by atoms with van der Waals surface area (Å²) in [4.78, 5) is 4.11. The van der Waals surface area contributed by atoms with Crippen LogP contribution in [0.25, 0.3) is 10.8 Å². The van der Waals surface area contributed by atoms with Gasteiger partial charge in [0, 0.05) is 28.8 Å². The lowest BCUT2D eigenvalue weighted by atomic mass is 10.1. The molecule has 1 heterocycles. The van der Waals surface area contributed by atoms with Crippen LogP contribution in [0.15, 0.2) is 59.3 Å². The third kappa shape index (κ3) is 2.51. The van der Waals surface area contributed by atoms with Gasteiger partial charge in [0.05, 0.1) is 5.69 Å². The highest BCUT2D eigenvalue weighted by Gasteiger charge is 2.07. The van der Waals surface area contributed by atoms with Crippen molar-refractivity contribution in [2.75, 3.05) is 5.32 Å². The van der Waals surface area contributed by atoms with Gasteiger partial charge >= 0.3 is 0 Å². The van der Waals surface area contributed by atoms with Gasteiger partial charge in [-0.2, -0.15) is 0 Å². The molecule has 20 heavy (non-hydrogen) atoms. The Labute approximate surface area is 124 Å². The molecule has 0 amide bonds. The van der Waals surface area contributed by atoms with Crippen LogP contribution in [0.4, 0.5) is 10.1 Å². The second-order valence-corrected chi connectivity index (χ2v) is 5.32. The lowest BCUT2D eigenvalue weighted by molar-refractivity contribution is 0.629. The number of hydrogen-bond acceptors (Lipinski definition) is 2. The molecule has 0 aliphatic rings. The molecule has 1 aromatic heterocycles. The van der Waals surface area contributed by atoms with E-state index < -0.39 is 0 Å². The number of pyridine rings is 1. The van der Waals surface area contributed by atoms with Crippen LogP contribution in [0, 0.1) is 5.82 Å². The molecule has 0 spiro atoms. The highest BCUT2D eigenvalue weighted by molar-refractivity contribution is 9.10. The monoisotopic (exact) mass is 330 g/mol. The van der Waals surface area contributed by atoms with Crippen molar-refractivity contribution in [1.82, 2.24) is 4.98 Å². The number of nitrogens with zero attached hydrogens (tertiary/aromatic N) is 1. The molecule has 0 saturated carbocycles. The second-order valence-electron chi connectivity index (χ2n) is 4.46. The predicted molar refractivity (Wildman–Crippen MR) is 83.2 cm³/mol.